The second-order valence-electron chi connectivity index (χ2n) is 5.51. The Hall–Kier alpha value is -3.35. The van der Waals surface area contributed by atoms with E-state index in [4.69, 9.17) is 0 Å². The van der Waals surface area contributed by atoms with Crippen LogP contribution in [0.1, 0.15) is 5.56 Å². The molecule has 2 amide bonds. The molecule has 0 atom stereocenters. The van der Waals surface area contributed by atoms with Gasteiger partial charge in [-0.3, -0.25) is 0 Å². The number of anilines is 1. The molecule has 0 aliphatic rings. The second kappa shape index (κ2) is 8.15. The fraction of sp³-hybridized carbons (Fsp3) is 0.105. The molecule has 3 rings (SSSR count). The molecule has 132 valence electrons. The van der Waals surface area contributed by atoms with E-state index in [2.05, 4.69) is 20.6 Å². The molecule has 0 aliphatic heterocycles. The number of amides is 2. The third kappa shape index (κ3) is 4.38. The monoisotopic (exact) mass is 354 g/mol. The lowest BCUT2D eigenvalue weighted by atomic mass is 10.2. The number of nitrogens with zero attached hydrogens (tertiary/aromatic N) is 2. The number of hydrogen-bond donors (Lipinski definition) is 2. The topological polar surface area (TPSA) is 66.9 Å². The molecule has 0 unspecified atom stereocenters. The first kappa shape index (κ1) is 17.5. The molecule has 2 aromatic carbocycles. The van der Waals surface area contributed by atoms with Crippen LogP contribution in [0.5, 0.6) is 0 Å². The molecule has 0 spiro atoms. The number of halogens is 2. The van der Waals surface area contributed by atoms with E-state index in [0.29, 0.717) is 12.2 Å². The molecule has 26 heavy (non-hydrogen) atoms. The molecule has 0 fully saturated rings. The van der Waals surface area contributed by atoms with Gasteiger partial charge in [0.1, 0.15) is 17.3 Å². The van der Waals surface area contributed by atoms with Gasteiger partial charge in [-0.25, -0.2) is 23.5 Å². The van der Waals surface area contributed by atoms with Crippen molar-refractivity contribution in [1.82, 2.24) is 15.3 Å². The first-order valence-corrected chi connectivity index (χ1v) is 7.98. The smallest absolute Gasteiger partial charge is 0.319 e. The van der Waals surface area contributed by atoms with E-state index in [-0.39, 0.29) is 6.54 Å². The highest BCUT2D eigenvalue weighted by Gasteiger charge is 2.11. The number of hydrogen-bond acceptors (Lipinski definition) is 3. The van der Waals surface area contributed by atoms with E-state index in [9.17, 15) is 13.6 Å². The highest BCUT2D eigenvalue weighted by molar-refractivity contribution is 5.89. The van der Waals surface area contributed by atoms with Gasteiger partial charge in [-0.2, -0.15) is 0 Å². The zero-order chi connectivity index (χ0) is 18.4. The van der Waals surface area contributed by atoms with Gasteiger partial charge in [-0.05, 0) is 24.1 Å². The minimum atomic E-state index is -0.829. The predicted octanol–water partition coefficient (Wildman–Crippen LogP) is 3.79. The van der Waals surface area contributed by atoms with Crippen molar-refractivity contribution in [3.05, 3.63) is 78.1 Å². The highest BCUT2D eigenvalue weighted by Crippen LogP contribution is 2.17. The van der Waals surface area contributed by atoms with Crippen LogP contribution < -0.4 is 10.6 Å². The minimum absolute atomic E-state index is 0.274. The van der Waals surface area contributed by atoms with Crippen LogP contribution in [0.2, 0.25) is 0 Å². The fourth-order valence-electron chi connectivity index (χ4n) is 2.32. The number of urea groups is 1. The average Bonchev–Trinajstić information content (AvgIpc) is 2.66. The molecular formula is C19H16F2N4O. The van der Waals surface area contributed by atoms with E-state index in [1.807, 2.05) is 30.3 Å². The molecule has 0 saturated carbocycles. The van der Waals surface area contributed by atoms with Crippen LogP contribution in [0, 0.1) is 11.6 Å². The lowest BCUT2D eigenvalue weighted by molar-refractivity contribution is 0.252. The van der Waals surface area contributed by atoms with Gasteiger partial charge in [0.2, 0.25) is 0 Å². The summed E-state index contributed by atoms with van der Waals surface area (Å²) in [5.74, 6) is -1.04. The summed E-state index contributed by atoms with van der Waals surface area (Å²) in [4.78, 5) is 20.4. The Morgan fingerprint density at radius 2 is 1.58 bits per heavy atom. The molecule has 1 heterocycles. The largest absolute Gasteiger partial charge is 0.338 e. The van der Waals surface area contributed by atoms with Crippen LogP contribution in [0.3, 0.4) is 0 Å². The minimum Gasteiger partial charge on any atom is -0.338 e. The molecule has 3 aromatic rings. The van der Waals surface area contributed by atoms with Crippen molar-refractivity contribution in [2.75, 3.05) is 11.9 Å². The maximum absolute atomic E-state index is 13.5. The number of carbonyl (C=O) groups excluding carboxylic acids is 1. The number of rotatable bonds is 5. The average molecular weight is 354 g/mol. The molecular weight excluding hydrogens is 338 g/mol. The van der Waals surface area contributed by atoms with E-state index in [1.54, 1.807) is 12.4 Å². The van der Waals surface area contributed by atoms with Crippen molar-refractivity contribution in [2.45, 2.75) is 6.42 Å². The molecule has 2 N–H and O–H groups in total. The molecule has 5 nitrogen and oxygen atoms in total. The van der Waals surface area contributed by atoms with Gasteiger partial charge in [-0.1, -0.05) is 36.4 Å². The lowest BCUT2D eigenvalue weighted by Gasteiger charge is -2.09. The first-order valence-electron chi connectivity index (χ1n) is 7.98. The number of carbonyl (C=O) groups is 1. The Labute approximate surface area is 149 Å². The van der Waals surface area contributed by atoms with Gasteiger partial charge in [0.25, 0.3) is 0 Å². The van der Waals surface area contributed by atoms with Crippen molar-refractivity contribution in [1.29, 1.82) is 0 Å². The van der Waals surface area contributed by atoms with E-state index >= 15 is 0 Å². The molecule has 0 bridgehead atoms. The third-order valence-electron chi connectivity index (χ3n) is 3.64. The zero-order valence-electron chi connectivity index (χ0n) is 13.7. The summed E-state index contributed by atoms with van der Waals surface area (Å²) in [5.41, 5.74) is 1.28. The van der Waals surface area contributed by atoms with Crippen molar-refractivity contribution >= 4 is 11.7 Å². The van der Waals surface area contributed by atoms with Crippen molar-refractivity contribution < 1.29 is 13.6 Å². The van der Waals surface area contributed by atoms with Crippen LogP contribution in [-0.4, -0.2) is 22.5 Å². The van der Waals surface area contributed by atoms with Crippen LogP contribution in [0.25, 0.3) is 11.4 Å². The van der Waals surface area contributed by atoms with Crippen LogP contribution in [0.15, 0.2) is 60.9 Å². The Morgan fingerprint density at radius 3 is 2.23 bits per heavy atom. The van der Waals surface area contributed by atoms with Gasteiger partial charge in [0, 0.05) is 24.5 Å². The lowest BCUT2D eigenvalue weighted by Crippen LogP contribution is -2.31. The van der Waals surface area contributed by atoms with Crippen LogP contribution in [-0.2, 0) is 6.42 Å². The molecule has 1 aromatic heterocycles. The highest BCUT2D eigenvalue weighted by atomic mass is 19.1. The number of para-hydroxylation sites is 1. The van der Waals surface area contributed by atoms with Gasteiger partial charge in [-0.15, -0.1) is 0 Å². The van der Waals surface area contributed by atoms with E-state index in [0.717, 1.165) is 23.3 Å². The summed E-state index contributed by atoms with van der Waals surface area (Å²) in [6, 6.07) is 12.3. The SMILES string of the molecule is O=C(NCCc1cnc(-c2ccccc2)nc1)Nc1c(F)cccc1F. The normalized spacial score (nSPS) is 10.4. The Morgan fingerprint density at radius 1 is 0.923 bits per heavy atom. The summed E-state index contributed by atoms with van der Waals surface area (Å²) >= 11 is 0. The van der Waals surface area contributed by atoms with E-state index in [1.165, 1.54) is 6.07 Å². The number of aromatic nitrogens is 2. The maximum atomic E-state index is 13.5. The third-order valence-corrected chi connectivity index (χ3v) is 3.64. The molecule has 0 saturated heterocycles. The summed E-state index contributed by atoms with van der Waals surface area (Å²) in [7, 11) is 0. The van der Waals surface area contributed by atoms with Crippen LogP contribution >= 0.6 is 0 Å². The van der Waals surface area contributed by atoms with Gasteiger partial charge in [0.15, 0.2) is 5.82 Å². The summed E-state index contributed by atoms with van der Waals surface area (Å²) in [5, 5.41) is 4.71. The van der Waals surface area contributed by atoms with Crippen LogP contribution in [0.4, 0.5) is 19.3 Å². The summed E-state index contributed by atoms with van der Waals surface area (Å²) in [6.45, 7) is 0.274. The quantitative estimate of drug-likeness (QED) is 0.733. The number of nitrogens with one attached hydrogen (secondary N) is 2. The molecule has 7 heteroatoms. The first-order chi connectivity index (χ1) is 12.6. The Kier molecular flexibility index (Phi) is 5.48. The predicted molar refractivity (Wildman–Crippen MR) is 94.6 cm³/mol. The standard InChI is InChI=1S/C19H16F2N4O/c20-15-7-4-8-16(21)17(15)25-19(26)22-10-9-13-11-23-18(24-12-13)14-5-2-1-3-6-14/h1-8,11-12H,9-10H2,(H2,22,25,26). The maximum Gasteiger partial charge on any atom is 0.319 e. The van der Waals surface area contributed by atoms with Crippen molar-refractivity contribution in [3.8, 4) is 11.4 Å². The zero-order valence-corrected chi connectivity index (χ0v) is 13.7. The van der Waals surface area contributed by atoms with E-state index < -0.39 is 23.4 Å². The van der Waals surface area contributed by atoms with Gasteiger partial charge < -0.3 is 10.6 Å². The van der Waals surface area contributed by atoms with Gasteiger partial charge >= 0.3 is 6.03 Å². The Balaban J connectivity index is 1.51. The fourth-order valence-corrected chi connectivity index (χ4v) is 2.32. The molecule has 0 radical (unpaired) electrons. The van der Waals surface area contributed by atoms with Crippen molar-refractivity contribution in [3.63, 3.8) is 0 Å². The summed E-state index contributed by atoms with van der Waals surface area (Å²) < 4.78 is 27.0. The number of benzene rings is 2. The molecule has 0 aliphatic carbocycles. The second-order valence-corrected chi connectivity index (χ2v) is 5.51. The van der Waals surface area contributed by atoms with Crippen molar-refractivity contribution in [2.24, 2.45) is 0 Å². The van der Waals surface area contributed by atoms with Gasteiger partial charge in [0.05, 0.1) is 0 Å². The summed E-state index contributed by atoms with van der Waals surface area (Å²) in [6.07, 6.45) is 3.86. The Bertz CT molecular complexity index is 866.